The number of nitrogens with two attached hydrogens (primary N) is 1. The van der Waals surface area contributed by atoms with Gasteiger partial charge in [0.2, 0.25) is 0 Å². The van der Waals surface area contributed by atoms with Gasteiger partial charge in [-0.15, -0.1) is 0 Å². The van der Waals surface area contributed by atoms with E-state index in [-0.39, 0.29) is 11.9 Å². The summed E-state index contributed by atoms with van der Waals surface area (Å²) < 4.78 is 0. The molecule has 1 aliphatic heterocycles. The molecule has 3 rings (SSSR count). The Morgan fingerprint density at radius 2 is 2.07 bits per heavy atom. The summed E-state index contributed by atoms with van der Waals surface area (Å²) >= 11 is 0. The third-order valence-electron chi connectivity index (χ3n) is 4.50. The minimum absolute atomic E-state index is 0.0326. The molecule has 0 bridgehead atoms. The number of carbonyl (C=O) groups is 1. The van der Waals surface area contributed by atoms with Crippen LogP contribution in [0, 0.1) is 11.8 Å². The number of aromatic nitrogens is 1. The minimum Gasteiger partial charge on any atom is -0.404 e. The standard InChI is InChI=1S/C22H23N3O2/c23-10-2-1-3-20-14-19(8-11-24-20)22(27)13-17-4-6-18(7-5-17)15-25-12-9-21(26)16-25/h2,4-8,10-11,14,21,26H,9,12-13,15-16,23H2/b10-2+/t21-/m1/s1. The predicted molar refractivity (Wildman–Crippen MR) is 105 cm³/mol. The third-order valence-corrected chi connectivity index (χ3v) is 4.50. The van der Waals surface area contributed by atoms with Crippen LogP contribution in [0.2, 0.25) is 0 Å². The maximum atomic E-state index is 12.6. The van der Waals surface area contributed by atoms with Crippen molar-refractivity contribution in [1.29, 1.82) is 0 Å². The molecule has 1 aromatic carbocycles. The van der Waals surface area contributed by atoms with Crippen LogP contribution in [-0.2, 0) is 13.0 Å². The molecule has 0 radical (unpaired) electrons. The maximum absolute atomic E-state index is 12.6. The zero-order chi connectivity index (χ0) is 19.1. The van der Waals surface area contributed by atoms with Crippen LogP contribution in [0.1, 0.15) is 33.6 Å². The fourth-order valence-electron chi connectivity index (χ4n) is 3.10. The van der Waals surface area contributed by atoms with Crippen LogP contribution in [0.15, 0.2) is 54.9 Å². The smallest absolute Gasteiger partial charge is 0.167 e. The summed E-state index contributed by atoms with van der Waals surface area (Å²) in [7, 11) is 0. The number of β-amino-alcohol motifs (C(OH)–C–C–N with tert-alkyl or cyclic N) is 1. The number of hydrogen-bond acceptors (Lipinski definition) is 5. The van der Waals surface area contributed by atoms with Crippen molar-refractivity contribution in [3.05, 3.63) is 77.3 Å². The number of pyridine rings is 1. The van der Waals surface area contributed by atoms with E-state index in [4.69, 9.17) is 5.73 Å². The van der Waals surface area contributed by atoms with Crippen LogP contribution in [-0.4, -0.2) is 40.0 Å². The second-order valence-electron chi connectivity index (χ2n) is 6.65. The Labute approximate surface area is 159 Å². The lowest BCUT2D eigenvalue weighted by molar-refractivity contribution is 0.0992. The number of rotatable bonds is 5. The summed E-state index contributed by atoms with van der Waals surface area (Å²) in [4.78, 5) is 18.9. The van der Waals surface area contributed by atoms with Gasteiger partial charge in [0.25, 0.3) is 0 Å². The SMILES string of the molecule is N/C=C/C#Cc1cc(C(=O)Cc2ccc(CN3CC[C@@H](O)C3)cc2)ccn1. The Bertz CT molecular complexity index is 878. The lowest BCUT2D eigenvalue weighted by atomic mass is 10.0. The van der Waals surface area contributed by atoms with Gasteiger partial charge in [0.1, 0.15) is 5.69 Å². The molecule has 0 aliphatic carbocycles. The fourth-order valence-corrected chi connectivity index (χ4v) is 3.10. The van der Waals surface area contributed by atoms with Gasteiger partial charge in [-0.2, -0.15) is 0 Å². The molecular formula is C22H23N3O2. The molecule has 1 saturated heterocycles. The molecule has 5 nitrogen and oxygen atoms in total. The van der Waals surface area contributed by atoms with Crippen molar-refractivity contribution < 1.29 is 9.90 Å². The van der Waals surface area contributed by atoms with E-state index in [1.165, 1.54) is 17.8 Å². The molecule has 1 aliphatic rings. The van der Waals surface area contributed by atoms with Gasteiger partial charge in [-0.05, 0) is 35.6 Å². The average Bonchev–Trinajstić information content (AvgIpc) is 3.08. The first-order valence-corrected chi connectivity index (χ1v) is 9.00. The van der Waals surface area contributed by atoms with Gasteiger partial charge in [0.15, 0.2) is 5.78 Å². The Kier molecular flexibility index (Phi) is 6.37. The van der Waals surface area contributed by atoms with Crippen molar-refractivity contribution in [2.24, 2.45) is 5.73 Å². The van der Waals surface area contributed by atoms with Crippen molar-refractivity contribution in [3.8, 4) is 11.8 Å². The van der Waals surface area contributed by atoms with Crippen molar-refractivity contribution in [3.63, 3.8) is 0 Å². The largest absolute Gasteiger partial charge is 0.404 e. The summed E-state index contributed by atoms with van der Waals surface area (Å²) in [6.45, 7) is 2.49. The summed E-state index contributed by atoms with van der Waals surface area (Å²) in [5.74, 6) is 5.64. The summed E-state index contributed by atoms with van der Waals surface area (Å²) in [5.41, 5.74) is 8.55. The second-order valence-corrected chi connectivity index (χ2v) is 6.65. The van der Waals surface area contributed by atoms with E-state index in [0.717, 1.165) is 31.6 Å². The number of aliphatic hydroxyl groups excluding tert-OH is 1. The van der Waals surface area contributed by atoms with Crippen molar-refractivity contribution in [1.82, 2.24) is 9.88 Å². The Balaban J connectivity index is 1.61. The number of Topliss-reactive ketones (excluding diaryl/α,β-unsaturated/α-hetero) is 1. The highest BCUT2D eigenvalue weighted by Gasteiger charge is 2.19. The number of allylic oxidation sites excluding steroid dienone is 1. The molecule has 1 fully saturated rings. The molecule has 0 saturated carbocycles. The Morgan fingerprint density at radius 1 is 1.30 bits per heavy atom. The first-order valence-electron chi connectivity index (χ1n) is 9.00. The molecule has 0 unspecified atom stereocenters. The average molecular weight is 361 g/mol. The lowest BCUT2D eigenvalue weighted by Crippen LogP contribution is -2.21. The van der Waals surface area contributed by atoms with Gasteiger partial charge in [0.05, 0.1) is 6.10 Å². The topological polar surface area (TPSA) is 79.5 Å². The fraction of sp³-hybridized carbons (Fsp3) is 0.273. The van der Waals surface area contributed by atoms with Crippen molar-refractivity contribution in [2.75, 3.05) is 13.1 Å². The molecule has 1 atom stereocenters. The Hall–Kier alpha value is -2.94. The summed E-state index contributed by atoms with van der Waals surface area (Å²) in [5, 5.41) is 9.61. The van der Waals surface area contributed by atoms with Crippen LogP contribution in [0.3, 0.4) is 0 Å². The number of ketones is 1. The number of hydrogen-bond donors (Lipinski definition) is 2. The molecule has 1 aromatic heterocycles. The molecule has 0 spiro atoms. The molecule has 3 N–H and O–H groups in total. The van der Waals surface area contributed by atoms with Crippen LogP contribution in [0.4, 0.5) is 0 Å². The summed E-state index contributed by atoms with van der Waals surface area (Å²) in [6, 6.07) is 11.5. The van der Waals surface area contributed by atoms with Gasteiger partial charge in [-0.1, -0.05) is 30.2 Å². The van der Waals surface area contributed by atoms with E-state index in [9.17, 15) is 9.90 Å². The normalized spacial score (nSPS) is 17.0. The molecule has 5 heteroatoms. The van der Waals surface area contributed by atoms with Crippen LogP contribution >= 0.6 is 0 Å². The van der Waals surface area contributed by atoms with E-state index >= 15 is 0 Å². The van der Waals surface area contributed by atoms with Gasteiger partial charge >= 0.3 is 0 Å². The first kappa shape index (κ1) is 18.8. The van der Waals surface area contributed by atoms with E-state index in [0.29, 0.717) is 17.7 Å². The highest BCUT2D eigenvalue weighted by Crippen LogP contribution is 2.15. The molecule has 2 aromatic rings. The van der Waals surface area contributed by atoms with Gasteiger partial charge < -0.3 is 10.8 Å². The number of likely N-dealkylation sites (tertiary alicyclic amines) is 1. The van der Waals surface area contributed by atoms with Gasteiger partial charge in [-0.25, -0.2) is 4.98 Å². The van der Waals surface area contributed by atoms with Crippen molar-refractivity contribution >= 4 is 5.78 Å². The molecule has 138 valence electrons. The number of benzene rings is 1. The molecule has 0 amide bonds. The van der Waals surface area contributed by atoms with E-state index in [2.05, 4.69) is 33.9 Å². The minimum atomic E-state index is -0.205. The molecule has 27 heavy (non-hydrogen) atoms. The zero-order valence-corrected chi connectivity index (χ0v) is 15.1. The molecular weight excluding hydrogens is 338 g/mol. The second kappa shape index (κ2) is 9.13. The predicted octanol–water partition coefficient (Wildman–Crippen LogP) is 1.90. The van der Waals surface area contributed by atoms with Crippen molar-refractivity contribution in [2.45, 2.75) is 25.5 Å². The lowest BCUT2D eigenvalue weighted by Gasteiger charge is -2.15. The zero-order valence-electron chi connectivity index (χ0n) is 15.1. The number of aliphatic hydroxyl groups is 1. The highest BCUT2D eigenvalue weighted by atomic mass is 16.3. The number of nitrogens with zero attached hydrogens (tertiary/aromatic N) is 2. The maximum Gasteiger partial charge on any atom is 0.167 e. The monoisotopic (exact) mass is 361 g/mol. The number of carbonyl (C=O) groups excluding carboxylic acids is 1. The van der Waals surface area contributed by atoms with Gasteiger partial charge in [-0.3, -0.25) is 9.69 Å². The Morgan fingerprint density at radius 3 is 2.78 bits per heavy atom. The van der Waals surface area contributed by atoms with E-state index in [1.54, 1.807) is 18.3 Å². The molecule has 2 heterocycles. The van der Waals surface area contributed by atoms with E-state index in [1.807, 2.05) is 12.1 Å². The van der Waals surface area contributed by atoms with E-state index < -0.39 is 0 Å². The third kappa shape index (κ3) is 5.52. The van der Waals surface area contributed by atoms with Gasteiger partial charge in [0, 0.05) is 50.1 Å². The summed E-state index contributed by atoms with van der Waals surface area (Å²) in [6.07, 6.45) is 5.45. The first-order chi connectivity index (χ1) is 13.1. The quantitative estimate of drug-likeness (QED) is 0.628. The van der Waals surface area contributed by atoms with Crippen LogP contribution < -0.4 is 5.73 Å². The van der Waals surface area contributed by atoms with Crippen LogP contribution in [0.25, 0.3) is 0 Å². The van der Waals surface area contributed by atoms with Crippen LogP contribution in [0.5, 0.6) is 0 Å². The highest BCUT2D eigenvalue weighted by molar-refractivity contribution is 5.97.